The first-order chi connectivity index (χ1) is 11.2. The van der Waals surface area contributed by atoms with Gasteiger partial charge >= 0.3 is 0 Å². The van der Waals surface area contributed by atoms with Gasteiger partial charge in [0.25, 0.3) is 5.91 Å². The third kappa shape index (κ3) is 2.71. The molecule has 1 aromatic heterocycles. The Morgan fingerprint density at radius 1 is 1.35 bits per heavy atom. The lowest BCUT2D eigenvalue weighted by Crippen LogP contribution is -2.45. The number of carbonyl (C=O) groups excluding carboxylic acids is 1. The Morgan fingerprint density at radius 3 is 2.65 bits per heavy atom. The van der Waals surface area contributed by atoms with Gasteiger partial charge in [-0.3, -0.25) is 4.79 Å². The van der Waals surface area contributed by atoms with Crippen LogP contribution in [0.3, 0.4) is 0 Å². The number of nitriles is 1. The lowest BCUT2D eigenvalue weighted by atomic mass is 10.1. The van der Waals surface area contributed by atoms with Gasteiger partial charge in [-0.2, -0.15) is 5.26 Å². The largest absolute Gasteiger partial charge is 0.465 e. The van der Waals surface area contributed by atoms with Gasteiger partial charge in [0.1, 0.15) is 17.4 Å². The molecule has 5 nitrogen and oxygen atoms in total. The summed E-state index contributed by atoms with van der Waals surface area (Å²) in [5.41, 5.74) is 2.01. The molecule has 0 aliphatic carbocycles. The highest BCUT2D eigenvalue weighted by molar-refractivity contribution is 7.84. The van der Waals surface area contributed by atoms with Gasteiger partial charge in [0.05, 0.1) is 11.3 Å². The zero-order chi connectivity index (χ0) is 16.4. The summed E-state index contributed by atoms with van der Waals surface area (Å²) in [7, 11) is 0. The van der Waals surface area contributed by atoms with Crippen LogP contribution in [0, 0.1) is 11.3 Å². The van der Waals surface area contributed by atoms with E-state index in [0.717, 1.165) is 12.1 Å². The number of anilines is 1. The van der Waals surface area contributed by atoms with Gasteiger partial charge in [0.2, 0.25) is 0 Å². The lowest BCUT2D eigenvalue weighted by Gasteiger charge is -2.36. The number of carbonyl (C=O) groups is 1. The van der Waals surface area contributed by atoms with E-state index in [1.165, 1.54) is 5.56 Å². The van der Waals surface area contributed by atoms with E-state index >= 15 is 0 Å². The molecular weight excluding hydrogens is 310 g/mol. The van der Waals surface area contributed by atoms with Crippen LogP contribution >= 0.6 is 12.6 Å². The SMILES string of the molecule is CCc1ccc(N2C(S)=C(C#N)C(=O)NC2c2ccco2)cc1. The molecule has 0 radical (unpaired) electrons. The zero-order valence-corrected chi connectivity index (χ0v) is 13.4. The second kappa shape index (κ2) is 6.23. The molecule has 3 rings (SSSR count). The van der Waals surface area contributed by atoms with Crippen LogP contribution in [0.1, 0.15) is 24.4 Å². The highest BCUT2D eigenvalue weighted by Crippen LogP contribution is 2.35. The van der Waals surface area contributed by atoms with Crippen LogP contribution in [0.4, 0.5) is 5.69 Å². The third-order valence-electron chi connectivity index (χ3n) is 3.75. The van der Waals surface area contributed by atoms with Gasteiger partial charge in [-0.05, 0) is 36.2 Å². The molecule has 1 atom stereocenters. The molecule has 1 amide bonds. The molecule has 1 aromatic carbocycles. The van der Waals surface area contributed by atoms with E-state index in [1.54, 1.807) is 23.3 Å². The fourth-order valence-electron chi connectivity index (χ4n) is 2.51. The molecule has 1 aliphatic rings. The molecule has 0 saturated heterocycles. The number of amides is 1. The van der Waals surface area contributed by atoms with E-state index in [1.807, 2.05) is 30.3 Å². The van der Waals surface area contributed by atoms with E-state index in [4.69, 9.17) is 4.42 Å². The first kappa shape index (κ1) is 15.3. The summed E-state index contributed by atoms with van der Waals surface area (Å²) in [6.45, 7) is 2.08. The first-order valence-electron chi connectivity index (χ1n) is 7.21. The highest BCUT2D eigenvalue weighted by Gasteiger charge is 2.35. The maximum atomic E-state index is 12.1. The predicted octanol–water partition coefficient (Wildman–Crippen LogP) is 3.14. The van der Waals surface area contributed by atoms with Gasteiger partial charge in [0.15, 0.2) is 6.17 Å². The van der Waals surface area contributed by atoms with Crippen molar-refractivity contribution in [1.29, 1.82) is 5.26 Å². The van der Waals surface area contributed by atoms with Crippen molar-refractivity contribution in [3.8, 4) is 6.07 Å². The normalized spacial score (nSPS) is 17.9. The summed E-state index contributed by atoms with van der Waals surface area (Å²) >= 11 is 4.42. The Morgan fingerprint density at radius 2 is 2.09 bits per heavy atom. The zero-order valence-electron chi connectivity index (χ0n) is 12.5. The van der Waals surface area contributed by atoms with Crippen LogP contribution in [0.2, 0.25) is 0 Å². The number of hydrogen-bond donors (Lipinski definition) is 2. The number of benzene rings is 1. The molecule has 1 unspecified atom stereocenters. The Kier molecular flexibility index (Phi) is 4.13. The summed E-state index contributed by atoms with van der Waals surface area (Å²) in [6.07, 6.45) is 1.93. The number of nitrogens with zero attached hydrogens (tertiary/aromatic N) is 2. The van der Waals surface area contributed by atoms with Crippen LogP contribution in [0.25, 0.3) is 0 Å². The Labute approximate surface area is 139 Å². The lowest BCUT2D eigenvalue weighted by molar-refractivity contribution is -0.118. The van der Waals surface area contributed by atoms with Crippen LogP contribution in [-0.2, 0) is 11.2 Å². The quantitative estimate of drug-likeness (QED) is 0.851. The van der Waals surface area contributed by atoms with Crippen LogP contribution in [0.5, 0.6) is 0 Å². The summed E-state index contributed by atoms with van der Waals surface area (Å²) in [5, 5.41) is 12.3. The minimum atomic E-state index is -0.547. The van der Waals surface area contributed by atoms with Crippen molar-refractivity contribution < 1.29 is 9.21 Å². The number of thiol groups is 1. The molecule has 23 heavy (non-hydrogen) atoms. The van der Waals surface area contributed by atoms with Crippen molar-refractivity contribution in [2.45, 2.75) is 19.5 Å². The number of nitrogens with one attached hydrogen (secondary N) is 1. The fourth-order valence-corrected chi connectivity index (χ4v) is 2.90. The molecule has 2 heterocycles. The minimum absolute atomic E-state index is 0.0179. The molecular formula is C17H15N3O2S. The summed E-state index contributed by atoms with van der Waals surface area (Å²) in [5.74, 6) is 0.113. The maximum absolute atomic E-state index is 12.1. The number of aryl methyl sites for hydroxylation is 1. The number of rotatable bonds is 3. The molecule has 116 valence electrons. The molecule has 0 saturated carbocycles. The molecule has 2 aromatic rings. The van der Waals surface area contributed by atoms with Gasteiger partial charge in [-0.1, -0.05) is 19.1 Å². The van der Waals surface area contributed by atoms with E-state index in [-0.39, 0.29) is 5.57 Å². The van der Waals surface area contributed by atoms with E-state index in [2.05, 4.69) is 24.9 Å². The Bertz CT molecular complexity index is 788. The topological polar surface area (TPSA) is 69.3 Å². The first-order valence-corrected chi connectivity index (χ1v) is 7.66. The van der Waals surface area contributed by atoms with Gasteiger partial charge in [-0.25, -0.2) is 0 Å². The molecule has 1 N–H and O–H groups in total. The predicted molar refractivity (Wildman–Crippen MR) is 89.5 cm³/mol. The van der Waals surface area contributed by atoms with E-state index in [9.17, 15) is 10.1 Å². The van der Waals surface area contributed by atoms with Crippen molar-refractivity contribution in [3.05, 3.63) is 64.6 Å². The molecule has 0 fully saturated rings. The van der Waals surface area contributed by atoms with Crippen LogP contribution in [0.15, 0.2) is 57.7 Å². The molecule has 1 aliphatic heterocycles. The molecule has 0 spiro atoms. The number of hydrogen-bond acceptors (Lipinski definition) is 5. The average molecular weight is 325 g/mol. The number of furan rings is 1. The minimum Gasteiger partial charge on any atom is -0.465 e. The van der Waals surface area contributed by atoms with Crippen LogP contribution in [-0.4, -0.2) is 5.91 Å². The average Bonchev–Trinajstić information content (AvgIpc) is 3.09. The Hall–Kier alpha value is -2.65. The Balaban J connectivity index is 2.11. The van der Waals surface area contributed by atoms with Gasteiger partial charge in [0, 0.05) is 5.69 Å². The summed E-state index contributed by atoms with van der Waals surface area (Å²) < 4.78 is 5.44. The van der Waals surface area contributed by atoms with Crippen molar-refractivity contribution in [1.82, 2.24) is 5.32 Å². The van der Waals surface area contributed by atoms with E-state index in [0.29, 0.717) is 10.8 Å². The monoisotopic (exact) mass is 325 g/mol. The molecule has 6 heteroatoms. The second-order valence-corrected chi connectivity index (χ2v) is 5.52. The standard InChI is InChI=1S/C17H15N3O2S/c1-2-11-5-7-12(8-6-11)20-15(14-4-3-9-22-14)19-16(21)13(10-18)17(20)23/h3-9,15,23H,2H2,1H3,(H,19,21). The van der Waals surface area contributed by atoms with Crippen molar-refractivity contribution in [2.24, 2.45) is 0 Å². The van der Waals surface area contributed by atoms with Gasteiger partial charge in [-0.15, -0.1) is 12.6 Å². The van der Waals surface area contributed by atoms with Gasteiger partial charge < -0.3 is 14.6 Å². The second-order valence-electron chi connectivity index (χ2n) is 5.09. The summed E-state index contributed by atoms with van der Waals surface area (Å²) in [6, 6.07) is 13.3. The van der Waals surface area contributed by atoms with Crippen molar-refractivity contribution >= 4 is 24.2 Å². The fraction of sp³-hybridized carbons (Fsp3) is 0.176. The van der Waals surface area contributed by atoms with Crippen molar-refractivity contribution in [3.63, 3.8) is 0 Å². The highest BCUT2D eigenvalue weighted by atomic mass is 32.1. The third-order valence-corrected chi connectivity index (χ3v) is 4.19. The summed E-state index contributed by atoms with van der Waals surface area (Å²) in [4.78, 5) is 13.9. The van der Waals surface area contributed by atoms with E-state index < -0.39 is 12.1 Å². The smallest absolute Gasteiger partial charge is 0.266 e. The maximum Gasteiger partial charge on any atom is 0.266 e. The van der Waals surface area contributed by atoms with Crippen LogP contribution < -0.4 is 10.2 Å². The molecule has 0 bridgehead atoms. The van der Waals surface area contributed by atoms with Crippen molar-refractivity contribution in [2.75, 3.05) is 4.90 Å².